The summed E-state index contributed by atoms with van der Waals surface area (Å²) >= 11 is 0. The fourth-order valence-corrected chi connectivity index (χ4v) is 9.71. The lowest BCUT2D eigenvalue weighted by molar-refractivity contribution is 1.07. The second kappa shape index (κ2) is 17.5. The van der Waals surface area contributed by atoms with E-state index in [0.717, 1.165) is 77.6 Å². The maximum Gasteiger partial charge on any atom is 0.164 e. The lowest BCUT2D eigenvalue weighted by Crippen LogP contribution is -2.04. The van der Waals surface area contributed by atoms with E-state index in [-0.39, 0.29) is 0 Å². The average Bonchev–Trinajstić information content (AvgIpc) is 3.71. The van der Waals surface area contributed by atoms with Crippen LogP contribution in [0.2, 0.25) is 0 Å². The Balaban J connectivity index is 1.26. The second-order valence-electron chi connectivity index (χ2n) is 17.8. The van der Waals surface area contributed by atoms with Crippen LogP contribution < -0.4 is 0 Å². The maximum absolute atomic E-state index is 9.98. The number of hydrogen-bond donors (Lipinski definition) is 0. The van der Waals surface area contributed by atoms with Crippen LogP contribution >= 0.6 is 0 Å². The second-order valence-corrected chi connectivity index (χ2v) is 17.8. The Morgan fingerprint density at radius 3 is 1.13 bits per heavy atom. The number of fused-ring (bicyclic) bond motifs is 3. The molecule has 69 heavy (non-hydrogen) atoms. The largest absolute Gasteiger partial charge is 0.308 e. The van der Waals surface area contributed by atoms with Crippen LogP contribution in [0.5, 0.6) is 0 Å². The lowest BCUT2D eigenvalue weighted by Gasteiger charge is -2.21. The van der Waals surface area contributed by atoms with Crippen molar-refractivity contribution in [1.82, 2.24) is 19.5 Å². The molecule has 11 aromatic rings. The summed E-state index contributed by atoms with van der Waals surface area (Å²) in [6.45, 7) is 8.63. The van der Waals surface area contributed by atoms with Gasteiger partial charge in [0.2, 0.25) is 0 Å². The van der Waals surface area contributed by atoms with E-state index in [1.165, 1.54) is 33.4 Å². The quantitative estimate of drug-likeness (QED) is 0.152. The molecule has 326 valence electrons. The number of hydrogen-bond acceptors (Lipinski definition) is 5. The van der Waals surface area contributed by atoms with Gasteiger partial charge in [0.15, 0.2) is 17.5 Å². The summed E-state index contributed by atoms with van der Waals surface area (Å²) in [5, 5.41) is 22.2. The first-order valence-electron chi connectivity index (χ1n) is 23.0. The fraction of sp³-hybridized carbons (Fsp3) is 0.0635. The van der Waals surface area contributed by atoms with Gasteiger partial charge >= 0.3 is 0 Å². The Bertz CT molecular complexity index is 3630. The average molecular weight is 885 g/mol. The van der Waals surface area contributed by atoms with E-state index in [0.29, 0.717) is 28.6 Å². The summed E-state index contributed by atoms with van der Waals surface area (Å²) in [6.07, 6.45) is 0. The van der Waals surface area contributed by atoms with Crippen molar-refractivity contribution in [3.8, 4) is 96.5 Å². The van der Waals surface area contributed by atoms with Crippen LogP contribution in [-0.2, 0) is 0 Å². The summed E-state index contributed by atoms with van der Waals surface area (Å²) in [5.74, 6) is 1.63. The molecule has 0 bridgehead atoms. The van der Waals surface area contributed by atoms with Gasteiger partial charge in [0.1, 0.15) is 0 Å². The number of nitrogens with zero attached hydrogens (tertiary/aromatic N) is 6. The fourth-order valence-electron chi connectivity index (χ4n) is 9.71. The molecule has 0 radical (unpaired) electrons. The summed E-state index contributed by atoms with van der Waals surface area (Å²) in [4.78, 5) is 15.4. The van der Waals surface area contributed by atoms with Gasteiger partial charge < -0.3 is 4.57 Å². The monoisotopic (exact) mass is 884 g/mol. The SMILES string of the molecule is Cc1ccc(-c2ccc3c(c2)c2cc(-c4ccc(C)cc4C)ccc2n3-c2c(-c3ccc(C#N)cc3)cc(-c3nc(-c4ccccc4)nc(-c4ccccc4)n3)cc2-c2ccc(C#N)cc2)c(C)c1. The zero-order valence-corrected chi connectivity index (χ0v) is 38.7. The standard InChI is InChI=1S/C63H44N6/c1-39-15-27-52(41(3)31-39)49-25-29-58-56(33-49)57-34-50(53-28-16-40(2)32-42(53)4)26-30-59(57)69(58)60-54(45-21-17-43(37-64)18-22-45)35-51(36-55(60)46-23-19-44(38-65)20-24-46)63-67-61(47-11-7-5-8-12-47)66-62(68-63)48-13-9-6-10-14-48/h5-36H,1-4H3. The van der Waals surface area contributed by atoms with Crippen molar-refractivity contribution in [2.45, 2.75) is 27.7 Å². The maximum atomic E-state index is 9.98. The first-order valence-corrected chi connectivity index (χ1v) is 23.0. The molecule has 0 atom stereocenters. The Labute approximate surface area is 401 Å². The molecule has 0 unspecified atom stereocenters. The highest BCUT2D eigenvalue weighted by molar-refractivity contribution is 6.13. The van der Waals surface area contributed by atoms with Crippen LogP contribution in [0.25, 0.3) is 106 Å². The Morgan fingerprint density at radius 1 is 0.348 bits per heavy atom. The van der Waals surface area contributed by atoms with E-state index in [1.54, 1.807) is 0 Å². The molecule has 2 heterocycles. The molecule has 0 saturated carbocycles. The third kappa shape index (κ3) is 7.91. The molecule has 0 N–H and O–H groups in total. The molecule has 6 nitrogen and oxygen atoms in total. The minimum absolute atomic E-state index is 0.512. The minimum Gasteiger partial charge on any atom is -0.308 e. The molecule has 11 rings (SSSR count). The zero-order chi connectivity index (χ0) is 47.2. The predicted octanol–water partition coefficient (Wildman–Crippen LogP) is 15.6. The Kier molecular flexibility index (Phi) is 10.8. The third-order valence-corrected chi connectivity index (χ3v) is 13.1. The molecule has 0 spiro atoms. The molecular formula is C63H44N6. The summed E-state index contributed by atoms with van der Waals surface area (Å²) in [6, 6.07) is 71.5. The Hall–Kier alpha value is -9.23. The molecule has 0 fully saturated rings. The molecule has 6 heteroatoms. The third-order valence-electron chi connectivity index (χ3n) is 13.1. The van der Waals surface area contributed by atoms with E-state index in [2.05, 4.69) is 129 Å². The van der Waals surface area contributed by atoms with Crippen molar-refractivity contribution in [3.05, 3.63) is 228 Å². The van der Waals surface area contributed by atoms with Crippen LogP contribution in [-0.4, -0.2) is 19.5 Å². The van der Waals surface area contributed by atoms with Crippen molar-refractivity contribution in [3.63, 3.8) is 0 Å². The van der Waals surface area contributed by atoms with Gasteiger partial charge in [-0.1, -0.05) is 145 Å². The van der Waals surface area contributed by atoms with E-state index in [9.17, 15) is 10.5 Å². The molecule has 9 aromatic carbocycles. The molecule has 0 amide bonds. The number of nitriles is 2. The summed E-state index contributed by atoms with van der Waals surface area (Å²) in [5.41, 5.74) is 19.9. The van der Waals surface area contributed by atoms with Crippen LogP contribution in [0.15, 0.2) is 194 Å². The van der Waals surface area contributed by atoms with Gasteiger partial charge in [-0.25, -0.2) is 15.0 Å². The van der Waals surface area contributed by atoms with Gasteiger partial charge in [-0.05, 0) is 133 Å². The van der Waals surface area contributed by atoms with Gasteiger partial charge in [0, 0.05) is 38.6 Å². The van der Waals surface area contributed by atoms with Gasteiger partial charge in [-0.2, -0.15) is 10.5 Å². The minimum atomic E-state index is 0.512. The molecule has 0 aliphatic heterocycles. The normalized spacial score (nSPS) is 11.2. The number of aryl methyl sites for hydroxylation is 4. The number of rotatable bonds is 8. The zero-order valence-electron chi connectivity index (χ0n) is 38.7. The van der Waals surface area contributed by atoms with Gasteiger partial charge in [0.25, 0.3) is 0 Å². The van der Waals surface area contributed by atoms with Crippen LogP contribution in [0.4, 0.5) is 0 Å². The van der Waals surface area contributed by atoms with Crippen LogP contribution in [0.3, 0.4) is 0 Å². The van der Waals surface area contributed by atoms with Crippen LogP contribution in [0.1, 0.15) is 33.4 Å². The number of aromatic nitrogens is 4. The van der Waals surface area contributed by atoms with E-state index < -0.39 is 0 Å². The first-order chi connectivity index (χ1) is 33.7. The van der Waals surface area contributed by atoms with E-state index in [1.807, 2.05) is 109 Å². The first kappa shape index (κ1) is 42.4. The Morgan fingerprint density at radius 2 is 0.739 bits per heavy atom. The molecule has 0 aliphatic carbocycles. The van der Waals surface area contributed by atoms with Crippen molar-refractivity contribution in [2.75, 3.05) is 0 Å². The number of benzene rings is 9. The van der Waals surface area contributed by atoms with E-state index >= 15 is 0 Å². The molecule has 0 aliphatic rings. The van der Waals surface area contributed by atoms with Crippen LogP contribution in [0, 0.1) is 50.4 Å². The molecule has 2 aromatic heterocycles. The van der Waals surface area contributed by atoms with Crippen molar-refractivity contribution < 1.29 is 0 Å². The van der Waals surface area contributed by atoms with Crippen molar-refractivity contribution >= 4 is 21.8 Å². The summed E-state index contributed by atoms with van der Waals surface area (Å²) in [7, 11) is 0. The molecular weight excluding hydrogens is 841 g/mol. The van der Waals surface area contributed by atoms with E-state index in [4.69, 9.17) is 15.0 Å². The smallest absolute Gasteiger partial charge is 0.164 e. The summed E-state index contributed by atoms with van der Waals surface area (Å²) < 4.78 is 2.39. The van der Waals surface area contributed by atoms with Gasteiger partial charge in [-0.3, -0.25) is 0 Å². The van der Waals surface area contributed by atoms with Gasteiger partial charge in [-0.15, -0.1) is 0 Å². The van der Waals surface area contributed by atoms with Crippen molar-refractivity contribution in [1.29, 1.82) is 10.5 Å². The topological polar surface area (TPSA) is 91.2 Å². The lowest BCUT2D eigenvalue weighted by atomic mass is 9.91. The predicted molar refractivity (Wildman–Crippen MR) is 281 cm³/mol. The highest BCUT2D eigenvalue weighted by atomic mass is 15.0. The van der Waals surface area contributed by atoms with Gasteiger partial charge in [0.05, 0.1) is 40.0 Å². The highest BCUT2D eigenvalue weighted by Crippen LogP contribution is 2.45. The molecule has 0 saturated heterocycles. The highest BCUT2D eigenvalue weighted by Gasteiger charge is 2.24. The van der Waals surface area contributed by atoms with Crippen molar-refractivity contribution in [2.24, 2.45) is 0 Å².